The number of nitrogens with one attached hydrogen (secondary N) is 1. The van der Waals surface area contributed by atoms with Crippen LogP contribution in [0.25, 0.3) is 0 Å². The van der Waals surface area contributed by atoms with Gasteiger partial charge in [0.1, 0.15) is 0 Å². The van der Waals surface area contributed by atoms with E-state index < -0.39 is 6.43 Å². The van der Waals surface area contributed by atoms with Gasteiger partial charge in [-0.25, -0.2) is 8.78 Å². The normalized spacial score (nSPS) is 24.2. The van der Waals surface area contributed by atoms with Crippen LogP contribution < -0.4 is 5.32 Å². The van der Waals surface area contributed by atoms with Gasteiger partial charge in [-0.05, 0) is 18.4 Å². The van der Waals surface area contributed by atoms with Crippen LogP contribution in [0.2, 0.25) is 0 Å². The molecule has 20 heavy (non-hydrogen) atoms. The molecule has 2 rings (SSSR count). The van der Waals surface area contributed by atoms with E-state index in [1.54, 1.807) is 12.1 Å². The van der Waals surface area contributed by atoms with Crippen molar-refractivity contribution in [3.8, 4) is 0 Å². The van der Waals surface area contributed by atoms with Gasteiger partial charge in [-0.2, -0.15) is 0 Å². The van der Waals surface area contributed by atoms with E-state index in [1.165, 1.54) is 0 Å². The molecule has 2 unspecified atom stereocenters. The third-order valence-corrected chi connectivity index (χ3v) is 4.19. The lowest BCUT2D eigenvalue weighted by Crippen LogP contribution is -2.55. The molecule has 1 heterocycles. The van der Waals surface area contributed by atoms with E-state index in [0.717, 1.165) is 38.0 Å². The van der Waals surface area contributed by atoms with Crippen LogP contribution in [-0.4, -0.2) is 30.1 Å². The van der Waals surface area contributed by atoms with Crippen LogP contribution >= 0.6 is 0 Å². The summed E-state index contributed by atoms with van der Waals surface area (Å²) in [5, 5.41) is 3.57. The van der Waals surface area contributed by atoms with Gasteiger partial charge in [0.2, 0.25) is 0 Å². The van der Waals surface area contributed by atoms with Gasteiger partial charge in [0.05, 0.1) is 0 Å². The number of benzene rings is 1. The monoisotopic (exact) mass is 282 g/mol. The molecule has 2 nitrogen and oxygen atoms in total. The molecule has 112 valence electrons. The summed E-state index contributed by atoms with van der Waals surface area (Å²) in [6.07, 6.45) is -0.147. The van der Waals surface area contributed by atoms with Crippen molar-refractivity contribution in [3.05, 3.63) is 35.4 Å². The van der Waals surface area contributed by atoms with Gasteiger partial charge in [-0.3, -0.25) is 4.90 Å². The number of piperazine rings is 1. The number of rotatable bonds is 5. The summed E-state index contributed by atoms with van der Waals surface area (Å²) in [6, 6.07) is 7.82. The zero-order valence-electron chi connectivity index (χ0n) is 12.3. The molecule has 0 aromatic heterocycles. The van der Waals surface area contributed by atoms with Crippen molar-refractivity contribution in [3.63, 3.8) is 0 Å². The van der Waals surface area contributed by atoms with Crippen LogP contribution in [-0.2, 0) is 6.54 Å². The van der Waals surface area contributed by atoms with E-state index in [0.29, 0.717) is 12.1 Å². The van der Waals surface area contributed by atoms with Crippen LogP contribution in [0.15, 0.2) is 24.3 Å². The van der Waals surface area contributed by atoms with Gasteiger partial charge in [-0.15, -0.1) is 0 Å². The molecule has 0 bridgehead atoms. The maximum absolute atomic E-state index is 12.6. The largest absolute Gasteiger partial charge is 0.311 e. The Morgan fingerprint density at radius 2 is 1.90 bits per heavy atom. The Labute approximate surface area is 120 Å². The van der Waals surface area contributed by atoms with Crippen LogP contribution in [0.3, 0.4) is 0 Å². The topological polar surface area (TPSA) is 15.3 Å². The molecule has 1 aliphatic heterocycles. The number of hydrogen-bond donors (Lipinski definition) is 1. The second kappa shape index (κ2) is 7.14. The molecular weight excluding hydrogens is 258 g/mol. The number of nitrogens with zero attached hydrogens (tertiary/aromatic N) is 1. The van der Waals surface area contributed by atoms with E-state index >= 15 is 0 Å². The van der Waals surface area contributed by atoms with E-state index in [2.05, 4.69) is 24.1 Å². The molecule has 0 spiro atoms. The molecule has 0 amide bonds. The fourth-order valence-corrected chi connectivity index (χ4v) is 2.80. The molecule has 0 aliphatic carbocycles. The second-order valence-electron chi connectivity index (χ2n) is 5.55. The van der Waals surface area contributed by atoms with Gasteiger partial charge < -0.3 is 5.32 Å². The van der Waals surface area contributed by atoms with Gasteiger partial charge in [0.15, 0.2) is 0 Å². The summed E-state index contributed by atoms with van der Waals surface area (Å²) in [5.41, 5.74) is 1.22. The zero-order valence-corrected chi connectivity index (χ0v) is 12.3. The average molecular weight is 282 g/mol. The van der Waals surface area contributed by atoms with Gasteiger partial charge in [-0.1, -0.05) is 38.1 Å². The number of alkyl halides is 2. The smallest absolute Gasteiger partial charge is 0.263 e. The third kappa shape index (κ3) is 3.76. The van der Waals surface area contributed by atoms with Crippen LogP contribution in [0, 0.1) is 0 Å². The summed E-state index contributed by atoms with van der Waals surface area (Å²) >= 11 is 0. The summed E-state index contributed by atoms with van der Waals surface area (Å²) in [6.45, 7) is 7.29. The molecular formula is C16H24F2N2. The van der Waals surface area contributed by atoms with Crippen LogP contribution in [0.4, 0.5) is 8.78 Å². The first-order valence-electron chi connectivity index (χ1n) is 7.48. The first-order chi connectivity index (χ1) is 9.63. The maximum Gasteiger partial charge on any atom is 0.263 e. The first kappa shape index (κ1) is 15.4. The highest BCUT2D eigenvalue weighted by Crippen LogP contribution is 2.21. The molecule has 0 saturated carbocycles. The van der Waals surface area contributed by atoms with Crippen molar-refractivity contribution in [2.45, 2.75) is 51.7 Å². The van der Waals surface area contributed by atoms with E-state index in [9.17, 15) is 8.78 Å². The van der Waals surface area contributed by atoms with Gasteiger partial charge >= 0.3 is 0 Å². The lowest BCUT2D eigenvalue weighted by molar-refractivity contribution is 0.117. The number of hydrogen-bond acceptors (Lipinski definition) is 2. The van der Waals surface area contributed by atoms with Gasteiger partial charge in [0, 0.05) is 37.3 Å². The Hall–Kier alpha value is -1.00. The predicted octanol–water partition coefficient (Wildman–Crippen LogP) is 3.59. The van der Waals surface area contributed by atoms with Gasteiger partial charge in [0.25, 0.3) is 6.43 Å². The second-order valence-corrected chi connectivity index (χ2v) is 5.55. The van der Waals surface area contributed by atoms with Crippen LogP contribution in [0.1, 0.15) is 44.2 Å². The molecule has 4 heteroatoms. The quantitative estimate of drug-likeness (QED) is 0.888. The van der Waals surface area contributed by atoms with Crippen molar-refractivity contribution in [2.24, 2.45) is 0 Å². The fraction of sp³-hybridized carbons (Fsp3) is 0.625. The Bertz CT molecular complexity index is 405. The predicted molar refractivity (Wildman–Crippen MR) is 78.0 cm³/mol. The maximum atomic E-state index is 12.6. The summed E-state index contributed by atoms with van der Waals surface area (Å²) in [7, 11) is 0. The highest BCUT2D eigenvalue weighted by Gasteiger charge is 2.25. The minimum absolute atomic E-state index is 0.104. The van der Waals surface area contributed by atoms with Crippen LogP contribution in [0.5, 0.6) is 0 Å². The highest BCUT2D eigenvalue weighted by atomic mass is 19.3. The Morgan fingerprint density at radius 3 is 2.45 bits per heavy atom. The molecule has 0 radical (unpaired) electrons. The molecule has 1 fully saturated rings. The molecule has 1 N–H and O–H groups in total. The third-order valence-electron chi connectivity index (χ3n) is 4.19. The molecule has 1 aromatic rings. The fourth-order valence-electron chi connectivity index (χ4n) is 2.80. The first-order valence-corrected chi connectivity index (χ1v) is 7.48. The lowest BCUT2D eigenvalue weighted by Gasteiger charge is -2.40. The van der Waals surface area contributed by atoms with E-state index in [1.807, 2.05) is 12.1 Å². The molecule has 2 atom stereocenters. The van der Waals surface area contributed by atoms with Crippen molar-refractivity contribution >= 4 is 0 Å². The summed E-state index contributed by atoms with van der Waals surface area (Å²) < 4.78 is 25.1. The van der Waals surface area contributed by atoms with E-state index in [-0.39, 0.29) is 5.56 Å². The molecule has 1 saturated heterocycles. The van der Waals surface area contributed by atoms with Crippen molar-refractivity contribution < 1.29 is 8.78 Å². The van der Waals surface area contributed by atoms with Crippen molar-refractivity contribution in [1.29, 1.82) is 0 Å². The Balaban J connectivity index is 2.02. The summed E-state index contributed by atoms with van der Waals surface area (Å²) in [5.74, 6) is 0. The SMILES string of the molecule is CCC1CN(Cc2ccc(C(F)F)cc2)C(CC)CN1. The number of halogens is 2. The molecule has 1 aromatic carbocycles. The minimum atomic E-state index is -2.38. The zero-order chi connectivity index (χ0) is 14.5. The summed E-state index contributed by atoms with van der Waals surface area (Å²) in [4.78, 5) is 2.47. The van der Waals surface area contributed by atoms with Crippen molar-refractivity contribution in [2.75, 3.05) is 13.1 Å². The Morgan fingerprint density at radius 1 is 1.20 bits per heavy atom. The van der Waals surface area contributed by atoms with Crippen molar-refractivity contribution in [1.82, 2.24) is 10.2 Å². The Kier molecular flexibility index (Phi) is 5.49. The average Bonchev–Trinajstić information content (AvgIpc) is 2.47. The molecule has 1 aliphatic rings. The highest BCUT2D eigenvalue weighted by molar-refractivity contribution is 5.23. The minimum Gasteiger partial charge on any atom is -0.311 e. The van der Waals surface area contributed by atoms with E-state index in [4.69, 9.17) is 0 Å². The lowest BCUT2D eigenvalue weighted by atomic mass is 10.0. The standard InChI is InChI=1S/C16H24F2N2/c1-3-14-11-20(15(4-2)9-19-14)10-12-5-7-13(8-6-12)16(17)18/h5-8,14-16,19H,3-4,9-11H2,1-2H3.